The quantitative estimate of drug-likeness (QED) is 0.279. The molecule has 92 valence electrons. The van der Waals surface area contributed by atoms with E-state index in [0.29, 0.717) is 0 Å². The second-order valence-electron chi connectivity index (χ2n) is 2.68. The molecular weight excluding hydrogens is 254 g/mol. The number of hydrogen-bond donors (Lipinski definition) is 5. The molecule has 0 aliphatic rings. The SMILES string of the molecule is NOC(=O)C(CNC(=O)CS)NC(=O)CS. The predicted octanol–water partition coefficient (Wildman–Crippen LogP) is -2.14. The van der Waals surface area contributed by atoms with Crippen LogP contribution in [0.2, 0.25) is 0 Å². The van der Waals surface area contributed by atoms with Gasteiger partial charge in [0.15, 0.2) is 0 Å². The van der Waals surface area contributed by atoms with E-state index in [9.17, 15) is 14.4 Å². The van der Waals surface area contributed by atoms with Crippen LogP contribution in [0, 0.1) is 0 Å². The summed E-state index contributed by atoms with van der Waals surface area (Å²) < 4.78 is 0. The highest BCUT2D eigenvalue weighted by atomic mass is 32.1. The van der Waals surface area contributed by atoms with Crippen LogP contribution in [0.25, 0.3) is 0 Å². The third-order valence-electron chi connectivity index (χ3n) is 1.53. The fourth-order valence-electron chi connectivity index (χ4n) is 0.787. The molecule has 0 saturated carbocycles. The van der Waals surface area contributed by atoms with Gasteiger partial charge in [0.2, 0.25) is 11.8 Å². The molecule has 2 amide bonds. The van der Waals surface area contributed by atoms with Gasteiger partial charge in [0.05, 0.1) is 11.5 Å². The summed E-state index contributed by atoms with van der Waals surface area (Å²) in [6.07, 6.45) is 0. The molecule has 0 rings (SSSR count). The second-order valence-corrected chi connectivity index (χ2v) is 3.31. The highest BCUT2D eigenvalue weighted by molar-refractivity contribution is 7.81. The average Bonchev–Trinajstić information content (AvgIpc) is 2.32. The fourth-order valence-corrected chi connectivity index (χ4v) is 0.990. The lowest BCUT2D eigenvalue weighted by Crippen LogP contribution is -2.50. The van der Waals surface area contributed by atoms with E-state index in [-0.39, 0.29) is 24.0 Å². The molecule has 0 aliphatic carbocycles. The van der Waals surface area contributed by atoms with Crippen molar-refractivity contribution < 1.29 is 19.2 Å². The monoisotopic (exact) mass is 267 g/mol. The molecule has 1 unspecified atom stereocenters. The number of thiol groups is 2. The van der Waals surface area contributed by atoms with Crippen molar-refractivity contribution in [2.75, 3.05) is 18.1 Å². The van der Waals surface area contributed by atoms with Crippen LogP contribution in [0.1, 0.15) is 0 Å². The molecule has 0 heterocycles. The fraction of sp³-hybridized carbons (Fsp3) is 0.571. The summed E-state index contributed by atoms with van der Waals surface area (Å²) >= 11 is 7.45. The topological polar surface area (TPSA) is 111 Å². The van der Waals surface area contributed by atoms with Gasteiger partial charge in [-0.25, -0.2) is 4.79 Å². The van der Waals surface area contributed by atoms with Crippen molar-refractivity contribution >= 4 is 43.0 Å². The lowest BCUT2D eigenvalue weighted by molar-refractivity contribution is -0.148. The van der Waals surface area contributed by atoms with Gasteiger partial charge in [-0.15, -0.1) is 0 Å². The number of carbonyl (C=O) groups excluding carboxylic acids is 3. The van der Waals surface area contributed by atoms with E-state index in [1.165, 1.54) is 0 Å². The van der Waals surface area contributed by atoms with E-state index in [2.05, 4.69) is 46.6 Å². The number of nitrogens with two attached hydrogens (primary N) is 1. The number of hydrogen-bond acceptors (Lipinski definition) is 7. The first-order chi connectivity index (χ1) is 7.54. The van der Waals surface area contributed by atoms with Gasteiger partial charge in [-0.2, -0.15) is 31.2 Å². The summed E-state index contributed by atoms with van der Waals surface area (Å²) in [5.41, 5.74) is 0. The van der Waals surface area contributed by atoms with Crippen LogP contribution in [0.3, 0.4) is 0 Å². The Hall–Kier alpha value is -0.930. The second kappa shape index (κ2) is 8.25. The van der Waals surface area contributed by atoms with Gasteiger partial charge in [0.1, 0.15) is 6.04 Å². The Morgan fingerprint density at radius 3 is 2.19 bits per heavy atom. The molecule has 0 aromatic heterocycles. The van der Waals surface area contributed by atoms with Gasteiger partial charge in [0.25, 0.3) is 0 Å². The standard InChI is InChI=1S/C7H13N3O4S2/c8-14-7(13)4(10-6(12)3-16)1-9-5(11)2-15/h4,15-16H,1-3,8H2,(H,9,11)(H,10,12). The number of rotatable bonds is 6. The third-order valence-corrected chi connectivity index (χ3v) is 2.10. The van der Waals surface area contributed by atoms with Gasteiger partial charge < -0.3 is 15.5 Å². The summed E-state index contributed by atoms with van der Waals surface area (Å²) in [5.74, 6) is 2.87. The Morgan fingerprint density at radius 1 is 1.19 bits per heavy atom. The third kappa shape index (κ3) is 5.83. The highest BCUT2D eigenvalue weighted by Gasteiger charge is 2.21. The number of carbonyl (C=O) groups is 3. The Balaban J connectivity index is 4.26. The Kier molecular flexibility index (Phi) is 7.77. The maximum absolute atomic E-state index is 11.1. The van der Waals surface area contributed by atoms with E-state index in [0.717, 1.165) is 0 Å². The summed E-state index contributed by atoms with van der Waals surface area (Å²) in [6.45, 7) is -0.116. The molecular formula is C7H13N3O4S2. The van der Waals surface area contributed by atoms with Crippen molar-refractivity contribution in [2.24, 2.45) is 5.90 Å². The van der Waals surface area contributed by atoms with E-state index < -0.39 is 17.9 Å². The summed E-state index contributed by atoms with van der Waals surface area (Å²) in [7, 11) is 0. The molecule has 4 N–H and O–H groups in total. The molecule has 9 heteroatoms. The van der Waals surface area contributed by atoms with Crippen molar-refractivity contribution in [1.29, 1.82) is 0 Å². The van der Waals surface area contributed by atoms with Crippen LogP contribution in [-0.4, -0.2) is 41.9 Å². The van der Waals surface area contributed by atoms with Gasteiger partial charge in [-0.1, -0.05) is 0 Å². The van der Waals surface area contributed by atoms with Crippen molar-refractivity contribution in [2.45, 2.75) is 6.04 Å². The summed E-state index contributed by atoms with van der Waals surface area (Å²) in [4.78, 5) is 37.0. The largest absolute Gasteiger partial charge is 0.372 e. The highest BCUT2D eigenvalue weighted by Crippen LogP contribution is 1.88. The van der Waals surface area contributed by atoms with Crippen molar-refractivity contribution in [3.05, 3.63) is 0 Å². The zero-order chi connectivity index (χ0) is 12.6. The maximum atomic E-state index is 11.1. The van der Waals surface area contributed by atoms with E-state index in [1.807, 2.05) is 0 Å². The van der Waals surface area contributed by atoms with Crippen LogP contribution in [0.5, 0.6) is 0 Å². The average molecular weight is 267 g/mol. The van der Waals surface area contributed by atoms with E-state index in [1.54, 1.807) is 0 Å². The summed E-state index contributed by atoms with van der Waals surface area (Å²) in [5, 5.41) is 4.65. The molecule has 0 spiro atoms. The maximum Gasteiger partial charge on any atom is 0.348 e. The van der Waals surface area contributed by atoms with E-state index in [4.69, 9.17) is 0 Å². The first kappa shape index (κ1) is 15.1. The molecule has 0 aromatic carbocycles. The molecule has 0 fully saturated rings. The number of nitrogens with one attached hydrogen (secondary N) is 2. The van der Waals surface area contributed by atoms with Gasteiger partial charge in [0, 0.05) is 6.54 Å². The molecule has 0 saturated heterocycles. The van der Waals surface area contributed by atoms with Crippen LogP contribution in [-0.2, 0) is 19.2 Å². The molecule has 0 bridgehead atoms. The molecule has 1 atom stereocenters. The normalized spacial score (nSPS) is 11.4. The van der Waals surface area contributed by atoms with Crippen LogP contribution in [0.4, 0.5) is 0 Å². The van der Waals surface area contributed by atoms with Crippen molar-refractivity contribution in [3.8, 4) is 0 Å². The minimum Gasteiger partial charge on any atom is -0.372 e. The number of amides is 2. The molecule has 0 aromatic rings. The predicted molar refractivity (Wildman–Crippen MR) is 62.9 cm³/mol. The van der Waals surface area contributed by atoms with E-state index >= 15 is 0 Å². The minimum atomic E-state index is -1.03. The minimum absolute atomic E-state index is 0.0229. The lowest BCUT2D eigenvalue weighted by atomic mass is 10.3. The van der Waals surface area contributed by atoms with Crippen LogP contribution < -0.4 is 16.5 Å². The first-order valence-electron chi connectivity index (χ1n) is 4.23. The molecule has 0 radical (unpaired) electrons. The van der Waals surface area contributed by atoms with Gasteiger partial charge in [-0.3, -0.25) is 9.59 Å². The molecule has 7 nitrogen and oxygen atoms in total. The molecule has 16 heavy (non-hydrogen) atoms. The Labute approximate surface area is 103 Å². The van der Waals surface area contributed by atoms with Gasteiger partial charge >= 0.3 is 5.97 Å². The van der Waals surface area contributed by atoms with Crippen LogP contribution in [0.15, 0.2) is 0 Å². The smallest absolute Gasteiger partial charge is 0.348 e. The summed E-state index contributed by atoms with van der Waals surface area (Å²) in [6, 6.07) is -1.03. The Morgan fingerprint density at radius 2 is 1.75 bits per heavy atom. The van der Waals surface area contributed by atoms with Crippen LogP contribution >= 0.6 is 25.3 Å². The zero-order valence-corrected chi connectivity index (χ0v) is 10.1. The van der Waals surface area contributed by atoms with Crippen molar-refractivity contribution in [1.82, 2.24) is 10.6 Å². The Bertz CT molecular complexity index is 274. The van der Waals surface area contributed by atoms with Crippen molar-refractivity contribution in [3.63, 3.8) is 0 Å². The zero-order valence-electron chi connectivity index (χ0n) is 8.30. The van der Waals surface area contributed by atoms with Gasteiger partial charge in [-0.05, 0) is 0 Å². The molecule has 0 aliphatic heterocycles. The lowest BCUT2D eigenvalue weighted by Gasteiger charge is -2.15. The first-order valence-corrected chi connectivity index (χ1v) is 5.50.